The molecule has 5 heteroatoms. The van der Waals surface area contributed by atoms with Crippen molar-refractivity contribution in [2.24, 2.45) is 0 Å². The lowest BCUT2D eigenvalue weighted by Gasteiger charge is -2.08. The first-order valence-electron chi connectivity index (χ1n) is 4.04. The molecule has 0 spiro atoms. The van der Waals surface area contributed by atoms with Crippen molar-refractivity contribution in [3.05, 3.63) is 27.7 Å². The molecule has 0 N–H and O–H groups in total. The third-order valence-corrected chi connectivity index (χ3v) is 5.21. The molecule has 0 aliphatic heterocycles. The molecule has 0 radical (unpaired) electrons. The predicted molar refractivity (Wildman–Crippen MR) is 61.5 cm³/mol. The summed E-state index contributed by atoms with van der Waals surface area (Å²) in [5.74, 6) is 0. The molecular weight excluding hydrogens is 288 g/mol. The SMILES string of the molecule is CC(C)S(=O)(=O)c1ccc(Cl)c(Br)c1. The van der Waals surface area contributed by atoms with Crippen LogP contribution in [0.4, 0.5) is 0 Å². The van der Waals surface area contributed by atoms with Gasteiger partial charge in [-0.3, -0.25) is 0 Å². The highest BCUT2D eigenvalue weighted by Gasteiger charge is 2.19. The van der Waals surface area contributed by atoms with E-state index in [1.165, 1.54) is 12.1 Å². The molecule has 0 unspecified atom stereocenters. The van der Waals surface area contributed by atoms with E-state index in [9.17, 15) is 8.42 Å². The Morgan fingerprint density at radius 3 is 2.36 bits per heavy atom. The van der Waals surface area contributed by atoms with Crippen LogP contribution in [-0.4, -0.2) is 13.7 Å². The van der Waals surface area contributed by atoms with Gasteiger partial charge < -0.3 is 0 Å². The van der Waals surface area contributed by atoms with Crippen LogP contribution in [-0.2, 0) is 9.84 Å². The largest absolute Gasteiger partial charge is 0.223 e. The molecule has 1 rings (SSSR count). The van der Waals surface area contributed by atoms with Gasteiger partial charge >= 0.3 is 0 Å². The van der Waals surface area contributed by atoms with Gasteiger partial charge in [-0.15, -0.1) is 0 Å². The Morgan fingerprint density at radius 2 is 1.93 bits per heavy atom. The number of hydrogen-bond donors (Lipinski definition) is 0. The number of halogens is 2. The maximum atomic E-state index is 11.7. The minimum Gasteiger partial charge on any atom is -0.223 e. The van der Waals surface area contributed by atoms with Gasteiger partial charge in [0.1, 0.15) is 0 Å². The van der Waals surface area contributed by atoms with Crippen LogP contribution in [0.2, 0.25) is 5.02 Å². The van der Waals surface area contributed by atoms with E-state index in [2.05, 4.69) is 15.9 Å². The van der Waals surface area contributed by atoms with Crippen molar-refractivity contribution in [3.63, 3.8) is 0 Å². The number of rotatable bonds is 2. The highest BCUT2D eigenvalue weighted by atomic mass is 79.9. The number of benzene rings is 1. The van der Waals surface area contributed by atoms with Crippen molar-refractivity contribution in [2.45, 2.75) is 24.0 Å². The summed E-state index contributed by atoms with van der Waals surface area (Å²) >= 11 is 8.96. The Morgan fingerprint density at radius 1 is 1.36 bits per heavy atom. The summed E-state index contributed by atoms with van der Waals surface area (Å²) < 4.78 is 24.1. The van der Waals surface area contributed by atoms with E-state index < -0.39 is 15.1 Å². The maximum absolute atomic E-state index is 11.7. The summed E-state index contributed by atoms with van der Waals surface area (Å²) in [6, 6.07) is 4.61. The fraction of sp³-hybridized carbons (Fsp3) is 0.333. The zero-order valence-corrected chi connectivity index (χ0v) is 10.9. The maximum Gasteiger partial charge on any atom is 0.180 e. The first-order chi connectivity index (χ1) is 6.35. The molecule has 0 saturated carbocycles. The second-order valence-corrected chi connectivity index (χ2v) is 6.94. The monoisotopic (exact) mass is 296 g/mol. The van der Waals surface area contributed by atoms with E-state index in [1.807, 2.05) is 0 Å². The molecule has 14 heavy (non-hydrogen) atoms. The highest BCUT2D eigenvalue weighted by Crippen LogP contribution is 2.26. The zero-order valence-electron chi connectivity index (χ0n) is 7.79. The molecule has 0 aromatic heterocycles. The van der Waals surface area contributed by atoms with Crippen molar-refractivity contribution in [1.82, 2.24) is 0 Å². The summed E-state index contributed by atoms with van der Waals surface area (Å²) in [4.78, 5) is 0.295. The van der Waals surface area contributed by atoms with Crippen molar-refractivity contribution in [2.75, 3.05) is 0 Å². The van der Waals surface area contributed by atoms with Crippen molar-refractivity contribution >= 4 is 37.4 Å². The Hall–Kier alpha value is -0.0600. The van der Waals surface area contributed by atoms with Crippen LogP contribution in [0.15, 0.2) is 27.6 Å². The molecule has 1 aromatic rings. The first kappa shape index (κ1) is 12.0. The van der Waals surface area contributed by atoms with Crippen LogP contribution >= 0.6 is 27.5 Å². The predicted octanol–water partition coefficient (Wildman–Crippen LogP) is 3.28. The summed E-state index contributed by atoms with van der Waals surface area (Å²) in [5.41, 5.74) is 0. The normalized spacial score (nSPS) is 12.1. The van der Waals surface area contributed by atoms with Crippen molar-refractivity contribution < 1.29 is 8.42 Å². The molecule has 2 nitrogen and oxygen atoms in total. The van der Waals surface area contributed by atoms with Crippen molar-refractivity contribution in [3.8, 4) is 0 Å². The fourth-order valence-corrected chi connectivity index (χ4v) is 2.66. The van der Waals surface area contributed by atoms with Gasteiger partial charge in [-0.1, -0.05) is 11.6 Å². The third kappa shape index (κ3) is 2.30. The minimum atomic E-state index is -3.20. The van der Waals surface area contributed by atoms with Crippen LogP contribution in [0, 0.1) is 0 Å². The smallest absolute Gasteiger partial charge is 0.180 e. The molecule has 0 bridgehead atoms. The van der Waals surface area contributed by atoms with Crippen LogP contribution in [0.1, 0.15) is 13.8 Å². The van der Waals surface area contributed by atoms with Gasteiger partial charge in [0.2, 0.25) is 0 Å². The van der Waals surface area contributed by atoms with Gasteiger partial charge in [0.15, 0.2) is 9.84 Å². The minimum absolute atomic E-state index is 0.295. The summed E-state index contributed by atoms with van der Waals surface area (Å²) in [5, 5.41) is 0.0864. The third-order valence-electron chi connectivity index (χ3n) is 1.84. The van der Waals surface area contributed by atoms with Gasteiger partial charge in [0.05, 0.1) is 15.2 Å². The van der Waals surface area contributed by atoms with Crippen LogP contribution in [0.5, 0.6) is 0 Å². The van der Waals surface area contributed by atoms with Gasteiger partial charge in [0, 0.05) is 4.47 Å². The summed E-state index contributed by atoms with van der Waals surface area (Å²) in [7, 11) is -3.20. The molecule has 1 aromatic carbocycles. The van der Waals surface area contributed by atoms with Gasteiger partial charge in [0.25, 0.3) is 0 Å². The average Bonchev–Trinajstić information content (AvgIpc) is 2.09. The molecule has 0 aliphatic rings. The standard InChI is InChI=1S/C9H10BrClO2S/c1-6(2)14(12,13)7-3-4-9(11)8(10)5-7/h3-6H,1-2H3. The highest BCUT2D eigenvalue weighted by molar-refractivity contribution is 9.10. The Balaban J connectivity index is 3.29. The lowest BCUT2D eigenvalue weighted by atomic mass is 10.4. The van der Waals surface area contributed by atoms with Gasteiger partial charge in [-0.25, -0.2) is 8.42 Å². The number of sulfone groups is 1. The fourth-order valence-electron chi connectivity index (χ4n) is 0.926. The van der Waals surface area contributed by atoms with Crippen molar-refractivity contribution in [1.29, 1.82) is 0 Å². The second kappa shape index (κ2) is 4.21. The van der Waals surface area contributed by atoms with Crippen LogP contribution in [0.3, 0.4) is 0 Å². The quantitative estimate of drug-likeness (QED) is 0.839. The summed E-state index contributed by atoms with van der Waals surface area (Å²) in [6.07, 6.45) is 0. The molecule has 0 amide bonds. The Bertz CT molecular complexity index is 440. The lowest BCUT2D eigenvalue weighted by molar-refractivity contribution is 0.587. The number of hydrogen-bond acceptors (Lipinski definition) is 2. The topological polar surface area (TPSA) is 34.1 Å². The molecule has 78 valence electrons. The van der Waals surface area contributed by atoms with E-state index in [4.69, 9.17) is 11.6 Å². The molecule has 0 heterocycles. The van der Waals surface area contributed by atoms with E-state index >= 15 is 0 Å². The van der Waals surface area contributed by atoms with Gasteiger partial charge in [-0.2, -0.15) is 0 Å². The zero-order chi connectivity index (χ0) is 10.9. The molecule has 0 saturated heterocycles. The lowest BCUT2D eigenvalue weighted by Crippen LogP contribution is -2.13. The second-order valence-electron chi connectivity index (χ2n) is 3.17. The molecule has 0 atom stereocenters. The van der Waals surface area contributed by atoms with E-state index in [0.717, 1.165) is 0 Å². The molecule has 0 aliphatic carbocycles. The van der Waals surface area contributed by atoms with Gasteiger partial charge in [-0.05, 0) is 48.0 Å². The van der Waals surface area contributed by atoms with E-state index in [-0.39, 0.29) is 0 Å². The molecular formula is C9H10BrClO2S. The first-order valence-corrected chi connectivity index (χ1v) is 6.76. The Labute approximate surface area is 97.3 Å². The van der Waals surface area contributed by atoms with E-state index in [1.54, 1.807) is 19.9 Å². The van der Waals surface area contributed by atoms with E-state index in [0.29, 0.717) is 14.4 Å². The van der Waals surface area contributed by atoms with Crippen LogP contribution < -0.4 is 0 Å². The Kier molecular flexibility index (Phi) is 3.61. The average molecular weight is 298 g/mol. The van der Waals surface area contributed by atoms with Crippen LogP contribution in [0.25, 0.3) is 0 Å². The molecule has 0 fully saturated rings. The summed E-state index contributed by atoms with van der Waals surface area (Å²) in [6.45, 7) is 3.30.